The highest BCUT2D eigenvalue weighted by molar-refractivity contribution is 6.35. The third-order valence-corrected chi connectivity index (χ3v) is 2.15. The van der Waals surface area contributed by atoms with Gasteiger partial charge in [0.2, 0.25) is 11.8 Å². The monoisotopic (exact) mass is 258 g/mol. The molecule has 0 aliphatic rings. The molecule has 0 aliphatic heterocycles. The van der Waals surface area contributed by atoms with E-state index >= 15 is 0 Å². The van der Waals surface area contributed by atoms with Gasteiger partial charge in [0.05, 0.1) is 10.7 Å². The first-order valence-corrected chi connectivity index (χ1v) is 4.98. The van der Waals surface area contributed by atoms with Gasteiger partial charge in [0.1, 0.15) is 0 Å². The first kappa shape index (κ1) is 12.5. The van der Waals surface area contributed by atoms with E-state index in [1.54, 1.807) is 12.1 Å². The van der Waals surface area contributed by atoms with Crippen LogP contribution in [0.3, 0.4) is 0 Å². The van der Waals surface area contributed by atoms with Crippen molar-refractivity contribution in [3.8, 4) is 0 Å². The van der Waals surface area contributed by atoms with Crippen LogP contribution in [0, 0.1) is 0 Å². The minimum absolute atomic E-state index is 0.352. The van der Waals surface area contributed by atoms with Gasteiger partial charge in [-0.3, -0.25) is 9.59 Å². The van der Waals surface area contributed by atoms with E-state index in [9.17, 15) is 9.59 Å². The summed E-state index contributed by atoms with van der Waals surface area (Å²) in [5, 5.41) is 3.25. The fraction of sp³-hybridized carbons (Fsp3) is 0. The number of carbonyl (C=O) groups excluding carboxylic acids is 2. The number of anilines is 1. The van der Waals surface area contributed by atoms with Crippen molar-refractivity contribution in [1.29, 1.82) is 0 Å². The molecule has 3 N–H and O–H groups in total. The van der Waals surface area contributed by atoms with Gasteiger partial charge in [0.25, 0.3) is 0 Å². The first-order chi connectivity index (χ1) is 7.49. The van der Waals surface area contributed by atoms with Crippen LogP contribution < -0.4 is 11.1 Å². The molecule has 1 aromatic carbocycles. The number of benzene rings is 1. The molecule has 2 amide bonds. The van der Waals surface area contributed by atoms with Crippen molar-refractivity contribution in [2.75, 3.05) is 5.32 Å². The molecule has 0 atom stereocenters. The summed E-state index contributed by atoms with van der Waals surface area (Å²) in [4.78, 5) is 21.7. The summed E-state index contributed by atoms with van der Waals surface area (Å²) in [5.74, 6) is -1.21. The molecule has 0 spiro atoms. The number of nitrogens with one attached hydrogen (secondary N) is 1. The lowest BCUT2D eigenvalue weighted by Crippen LogP contribution is -2.11. The lowest BCUT2D eigenvalue weighted by Gasteiger charge is -2.04. The van der Waals surface area contributed by atoms with E-state index in [1.807, 2.05) is 0 Å². The topological polar surface area (TPSA) is 72.2 Å². The smallest absolute Gasteiger partial charge is 0.248 e. The average Bonchev–Trinajstić information content (AvgIpc) is 2.20. The molecule has 0 saturated heterocycles. The maximum Gasteiger partial charge on any atom is 0.248 e. The molecule has 1 aromatic rings. The molecule has 0 bridgehead atoms. The molecule has 4 nitrogen and oxygen atoms in total. The number of primary amides is 1. The highest BCUT2D eigenvalue weighted by Crippen LogP contribution is 2.25. The molecule has 0 heterocycles. The van der Waals surface area contributed by atoms with Gasteiger partial charge in [0.15, 0.2) is 0 Å². The maximum absolute atomic E-state index is 11.3. The lowest BCUT2D eigenvalue weighted by atomic mass is 10.3. The van der Waals surface area contributed by atoms with Gasteiger partial charge in [-0.15, -0.1) is 0 Å². The number of halogens is 2. The molecule has 0 saturated carbocycles. The van der Waals surface area contributed by atoms with Crippen molar-refractivity contribution in [2.24, 2.45) is 5.73 Å². The second-order valence-corrected chi connectivity index (χ2v) is 3.69. The number of hydrogen-bond donors (Lipinski definition) is 2. The second-order valence-electron chi connectivity index (χ2n) is 2.85. The summed E-state index contributed by atoms with van der Waals surface area (Å²) in [7, 11) is 0. The van der Waals surface area contributed by atoms with E-state index < -0.39 is 11.8 Å². The predicted molar refractivity (Wildman–Crippen MR) is 63.4 cm³/mol. The summed E-state index contributed by atoms with van der Waals surface area (Å²) in [6, 6.07) is 4.65. The molecule has 0 aliphatic carbocycles. The molecule has 6 heteroatoms. The van der Waals surface area contributed by atoms with Crippen molar-refractivity contribution in [3.05, 3.63) is 40.4 Å². The Kier molecular flexibility index (Phi) is 4.34. The average molecular weight is 259 g/mol. The highest BCUT2D eigenvalue weighted by Gasteiger charge is 2.03. The first-order valence-electron chi connectivity index (χ1n) is 4.22. The second kappa shape index (κ2) is 5.53. The van der Waals surface area contributed by atoms with Gasteiger partial charge in [-0.1, -0.05) is 23.2 Å². The van der Waals surface area contributed by atoms with E-state index in [4.69, 9.17) is 28.9 Å². The Morgan fingerprint density at radius 1 is 1.25 bits per heavy atom. The minimum Gasteiger partial charge on any atom is -0.366 e. The van der Waals surface area contributed by atoms with Crippen molar-refractivity contribution in [1.82, 2.24) is 0 Å². The quantitative estimate of drug-likeness (QED) is 0.814. The molecule has 0 fully saturated rings. The van der Waals surface area contributed by atoms with Crippen LogP contribution in [0.2, 0.25) is 10.0 Å². The lowest BCUT2D eigenvalue weighted by molar-refractivity contribution is -0.115. The summed E-state index contributed by atoms with van der Waals surface area (Å²) < 4.78 is 0. The number of amides is 2. The zero-order valence-corrected chi connectivity index (χ0v) is 9.55. The van der Waals surface area contributed by atoms with E-state index in [0.29, 0.717) is 15.7 Å². The molecule has 1 rings (SSSR count). The Bertz CT molecular complexity index is 458. The molecule has 0 unspecified atom stereocenters. The van der Waals surface area contributed by atoms with E-state index in [1.165, 1.54) is 6.07 Å². The Labute approximate surface area is 102 Å². The largest absolute Gasteiger partial charge is 0.366 e. The van der Waals surface area contributed by atoms with Crippen LogP contribution in [0.25, 0.3) is 0 Å². The van der Waals surface area contributed by atoms with Crippen LogP contribution in [0.5, 0.6) is 0 Å². The Morgan fingerprint density at radius 3 is 2.56 bits per heavy atom. The summed E-state index contributed by atoms with van der Waals surface area (Å²) in [6.07, 6.45) is 1.97. The van der Waals surface area contributed by atoms with Gasteiger partial charge < -0.3 is 11.1 Å². The van der Waals surface area contributed by atoms with Gasteiger partial charge >= 0.3 is 0 Å². The minimum atomic E-state index is -0.702. The molecular formula is C10H8Cl2N2O2. The normalized spacial score (nSPS) is 10.4. The fourth-order valence-corrected chi connectivity index (χ4v) is 1.26. The number of nitrogens with two attached hydrogens (primary N) is 1. The van der Waals surface area contributed by atoms with Crippen LogP contribution in [0.15, 0.2) is 30.4 Å². The highest BCUT2D eigenvalue weighted by atomic mass is 35.5. The van der Waals surface area contributed by atoms with Crippen LogP contribution in [0.4, 0.5) is 5.69 Å². The summed E-state index contributed by atoms with van der Waals surface area (Å²) in [6.45, 7) is 0. The van der Waals surface area contributed by atoms with Gasteiger partial charge in [0, 0.05) is 17.2 Å². The third kappa shape index (κ3) is 3.92. The third-order valence-electron chi connectivity index (χ3n) is 1.59. The van der Waals surface area contributed by atoms with Crippen molar-refractivity contribution < 1.29 is 9.59 Å². The molecule has 0 aromatic heterocycles. The van der Waals surface area contributed by atoms with Crippen LogP contribution >= 0.6 is 23.2 Å². The van der Waals surface area contributed by atoms with Crippen molar-refractivity contribution in [3.63, 3.8) is 0 Å². The molecule has 84 valence electrons. The zero-order chi connectivity index (χ0) is 12.1. The van der Waals surface area contributed by atoms with Crippen molar-refractivity contribution in [2.45, 2.75) is 0 Å². The SMILES string of the molecule is NC(=O)/C=C/C(=O)Nc1cc(Cl)ccc1Cl. The maximum atomic E-state index is 11.3. The molecular weight excluding hydrogens is 251 g/mol. The summed E-state index contributed by atoms with van der Waals surface area (Å²) in [5.41, 5.74) is 5.20. The number of carbonyl (C=O) groups is 2. The zero-order valence-electron chi connectivity index (χ0n) is 8.04. The van der Waals surface area contributed by atoms with Gasteiger partial charge in [-0.2, -0.15) is 0 Å². The van der Waals surface area contributed by atoms with E-state index in [-0.39, 0.29) is 0 Å². The summed E-state index contributed by atoms with van der Waals surface area (Å²) >= 11 is 11.5. The van der Waals surface area contributed by atoms with Gasteiger partial charge in [-0.05, 0) is 18.2 Å². The Morgan fingerprint density at radius 2 is 1.94 bits per heavy atom. The van der Waals surface area contributed by atoms with Crippen LogP contribution in [0.1, 0.15) is 0 Å². The van der Waals surface area contributed by atoms with Crippen LogP contribution in [-0.2, 0) is 9.59 Å². The predicted octanol–water partition coefficient (Wildman–Crippen LogP) is 1.97. The Hall–Kier alpha value is -1.52. The number of hydrogen-bond acceptors (Lipinski definition) is 2. The Balaban J connectivity index is 2.77. The molecule has 0 radical (unpaired) electrons. The standard InChI is InChI=1S/C10H8Cl2N2O2/c11-6-1-2-7(12)8(5-6)14-10(16)4-3-9(13)15/h1-5H,(H2,13,15)(H,14,16)/b4-3+. The van der Waals surface area contributed by atoms with Crippen molar-refractivity contribution >= 4 is 40.7 Å². The number of rotatable bonds is 3. The van der Waals surface area contributed by atoms with Gasteiger partial charge in [-0.25, -0.2) is 0 Å². The fourth-order valence-electron chi connectivity index (χ4n) is 0.926. The van der Waals surface area contributed by atoms with E-state index in [2.05, 4.69) is 5.32 Å². The van der Waals surface area contributed by atoms with Crippen LogP contribution in [-0.4, -0.2) is 11.8 Å². The molecule has 16 heavy (non-hydrogen) atoms. The van der Waals surface area contributed by atoms with E-state index in [0.717, 1.165) is 12.2 Å².